The van der Waals surface area contributed by atoms with Crippen LogP contribution in [-0.4, -0.2) is 37.4 Å². The fourth-order valence-corrected chi connectivity index (χ4v) is 3.80. The Hall–Kier alpha value is -2.21. The van der Waals surface area contributed by atoms with Crippen molar-refractivity contribution < 1.29 is 32.7 Å². The van der Waals surface area contributed by atoms with Gasteiger partial charge in [-0.25, -0.2) is 9.59 Å². The number of hydrogen-bond acceptors (Lipinski definition) is 7. The van der Waals surface area contributed by atoms with Crippen LogP contribution in [0.15, 0.2) is 54.6 Å². The molecule has 29 heavy (non-hydrogen) atoms. The molecule has 0 radical (unpaired) electrons. The third-order valence-electron chi connectivity index (χ3n) is 3.54. The maximum absolute atomic E-state index is 13.3. The monoisotopic (exact) mass is 424 g/mol. The van der Waals surface area contributed by atoms with Crippen molar-refractivity contribution in [2.45, 2.75) is 46.1 Å². The Morgan fingerprint density at radius 2 is 1.31 bits per heavy atom. The van der Waals surface area contributed by atoms with Crippen LogP contribution in [0.5, 0.6) is 0 Å². The number of ether oxygens (including phenoxy) is 2. The highest BCUT2D eigenvalue weighted by atomic mass is 31.2. The van der Waals surface area contributed by atoms with Gasteiger partial charge in [-0.05, 0) is 33.3 Å². The summed E-state index contributed by atoms with van der Waals surface area (Å²) in [4.78, 5) is 23.2. The second-order valence-electron chi connectivity index (χ2n) is 6.84. The molecule has 0 heterocycles. The van der Waals surface area contributed by atoms with Gasteiger partial charge in [0, 0.05) is 11.1 Å². The van der Waals surface area contributed by atoms with Gasteiger partial charge in [0.15, 0.2) is 0 Å². The van der Waals surface area contributed by atoms with E-state index in [-0.39, 0.29) is 30.5 Å². The zero-order chi connectivity index (χ0) is 22.0. The smallest absolute Gasteiger partial charge is 0.335 e. The molecule has 0 amide bonds. The molecule has 160 valence electrons. The number of benzene rings is 1. The quantitative estimate of drug-likeness (QED) is 0.279. The molecule has 0 saturated carbocycles. The maximum Gasteiger partial charge on any atom is 0.335 e. The molecule has 0 aliphatic rings. The van der Waals surface area contributed by atoms with Crippen LogP contribution >= 0.6 is 7.60 Å². The molecule has 0 saturated heterocycles. The number of rotatable bonds is 12. The molecule has 0 aliphatic heterocycles. The number of carbonyl (C=O) groups excluding carboxylic acids is 2. The highest BCUT2D eigenvalue weighted by Gasteiger charge is 2.28. The third-order valence-corrected chi connectivity index (χ3v) is 5.38. The first-order valence-electron chi connectivity index (χ1n) is 9.17. The van der Waals surface area contributed by atoms with Crippen LogP contribution in [0.2, 0.25) is 0 Å². The molecular weight excluding hydrogens is 395 g/mol. The van der Waals surface area contributed by atoms with Crippen molar-refractivity contribution in [3.05, 3.63) is 60.2 Å². The highest BCUT2D eigenvalue weighted by molar-refractivity contribution is 7.53. The summed E-state index contributed by atoms with van der Waals surface area (Å²) in [6.07, 6.45) is -1.27. The fourth-order valence-electron chi connectivity index (χ4n) is 2.01. The Morgan fingerprint density at radius 1 is 0.897 bits per heavy atom. The van der Waals surface area contributed by atoms with E-state index in [4.69, 9.17) is 18.5 Å². The molecule has 0 aliphatic carbocycles. The topological polar surface area (TPSA) is 88.1 Å². The van der Waals surface area contributed by atoms with E-state index in [1.54, 1.807) is 26.0 Å². The molecule has 1 aromatic carbocycles. The van der Waals surface area contributed by atoms with Crippen LogP contribution in [0.1, 0.15) is 33.3 Å². The van der Waals surface area contributed by atoms with Crippen molar-refractivity contribution in [2.24, 2.45) is 0 Å². The Kier molecular flexibility index (Phi) is 10.0. The van der Waals surface area contributed by atoms with Crippen molar-refractivity contribution in [3.8, 4) is 0 Å². The van der Waals surface area contributed by atoms with Crippen molar-refractivity contribution in [1.82, 2.24) is 0 Å². The van der Waals surface area contributed by atoms with Gasteiger partial charge in [-0.1, -0.05) is 43.5 Å². The second-order valence-corrected chi connectivity index (χ2v) is 8.89. The van der Waals surface area contributed by atoms with Crippen molar-refractivity contribution in [3.63, 3.8) is 0 Å². The Labute approximate surface area is 172 Å². The summed E-state index contributed by atoms with van der Waals surface area (Å²) in [5, 5.41) is 0. The lowest BCUT2D eigenvalue weighted by Crippen LogP contribution is -2.22. The van der Waals surface area contributed by atoms with Crippen LogP contribution < -0.4 is 0 Å². The van der Waals surface area contributed by atoms with Crippen LogP contribution in [-0.2, 0) is 38.8 Å². The third kappa shape index (κ3) is 9.70. The molecule has 0 spiro atoms. The first kappa shape index (κ1) is 24.8. The minimum atomic E-state index is -3.61. The van der Waals surface area contributed by atoms with Gasteiger partial charge in [-0.2, -0.15) is 0 Å². The summed E-state index contributed by atoms with van der Waals surface area (Å²) in [6, 6.07) is 9.07. The van der Waals surface area contributed by atoms with Gasteiger partial charge in [0.2, 0.25) is 0 Å². The Morgan fingerprint density at radius 3 is 1.69 bits per heavy atom. The molecule has 2 atom stereocenters. The molecule has 0 aromatic heterocycles. The van der Waals surface area contributed by atoms with E-state index in [1.165, 1.54) is 13.8 Å². The van der Waals surface area contributed by atoms with Gasteiger partial charge in [-0.15, -0.1) is 0 Å². The molecule has 0 fully saturated rings. The van der Waals surface area contributed by atoms with Gasteiger partial charge < -0.3 is 18.5 Å². The van der Waals surface area contributed by atoms with Gasteiger partial charge in [0.1, 0.15) is 12.2 Å². The van der Waals surface area contributed by atoms with Gasteiger partial charge in [-0.3, -0.25) is 4.57 Å². The summed E-state index contributed by atoms with van der Waals surface area (Å²) < 4.78 is 34.7. The minimum Gasteiger partial charge on any atom is -0.457 e. The average molecular weight is 424 g/mol. The summed E-state index contributed by atoms with van der Waals surface area (Å²) in [5.41, 5.74) is 1.27. The normalized spacial score (nSPS) is 14.9. The fraction of sp³-hybridized carbons (Fsp3) is 0.429. The van der Waals surface area contributed by atoms with E-state index in [9.17, 15) is 14.2 Å². The first-order valence-corrected chi connectivity index (χ1v) is 10.9. The maximum atomic E-state index is 13.3. The lowest BCUT2D eigenvalue weighted by atomic mass is 10.2. The Bertz CT molecular complexity index is 730. The summed E-state index contributed by atoms with van der Waals surface area (Å²) in [6.45, 7) is 13.1. The Balaban J connectivity index is 2.77. The van der Waals surface area contributed by atoms with E-state index >= 15 is 0 Å². The first-order chi connectivity index (χ1) is 13.5. The van der Waals surface area contributed by atoms with E-state index in [0.717, 1.165) is 5.56 Å². The zero-order valence-corrected chi connectivity index (χ0v) is 18.3. The molecule has 1 rings (SSSR count). The second kappa shape index (κ2) is 11.7. The number of carbonyl (C=O) groups is 2. The molecule has 1 aromatic rings. The van der Waals surface area contributed by atoms with Crippen molar-refractivity contribution in [2.75, 3.05) is 13.2 Å². The average Bonchev–Trinajstić information content (AvgIpc) is 2.65. The predicted octanol–water partition coefficient (Wildman–Crippen LogP) is 4.43. The molecule has 2 unspecified atom stereocenters. The zero-order valence-electron chi connectivity index (χ0n) is 17.4. The molecular formula is C21H29O7P. The van der Waals surface area contributed by atoms with Crippen LogP contribution in [0.4, 0.5) is 0 Å². The predicted molar refractivity (Wildman–Crippen MR) is 110 cm³/mol. The highest BCUT2D eigenvalue weighted by Crippen LogP contribution is 2.51. The minimum absolute atomic E-state index is 0.0240. The summed E-state index contributed by atoms with van der Waals surface area (Å²) >= 11 is 0. The van der Waals surface area contributed by atoms with Crippen molar-refractivity contribution >= 4 is 19.5 Å². The standard InChI is InChI=1S/C21H29O7P/c1-15(2)20(22)27-17(5)12-25-29(24,14-19-10-8-7-9-11-19)26-13-18(6)28-21(23)16(3)4/h7-11,17-18H,1,3,12-14H2,2,4-6H3. The van der Waals surface area contributed by atoms with Gasteiger partial charge in [0.05, 0.1) is 19.4 Å². The summed E-state index contributed by atoms with van der Waals surface area (Å²) in [7, 11) is -3.61. The van der Waals surface area contributed by atoms with E-state index in [0.29, 0.717) is 0 Å². The molecule has 8 heteroatoms. The molecule has 0 bridgehead atoms. The number of hydrogen-bond donors (Lipinski definition) is 0. The number of esters is 2. The van der Waals surface area contributed by atoms with E-state index in [1.807, 2.05) is 18.2 Å². The SMILES string of the molecule is C=C(C)C(=O)OC(C)COP(=O)(Cc1ccccc1)OCC(C)OC(=O)C(=C)C. The summed E-state index contributed by atoms with van der Waals surface area (Å²) in [5.74, 6) is -1.11. The lowest BCUT2D eigenvalue weighted by molar-refractivity contribution is -0.145. The van der Waals surface area contributed by atoms with Crippen LogP contribution in [0.3, 0.4) is 0 Å². The molecule has 0 N–H and O–H groups in total. The van der Waals surface area contributed by atoms with E-state index < -0.39 is 31.7 Å². The van der Waals surface area contributed by atoms with Crippen molar-refractivity contribution in [1.29, 1.82) is 0 Å². The lowest BCUT2D eigenvalue weighted by Gasteiger charge is -2.23. The largest absolute Gasteiger partial charge is 0.457 e. The van der Waals surface area contributed by atoms with Crippen LogP contribution in [0.25, 0.3) is 0 Å². The van der Waals surface area contributed by atoms with Crippen LogP contribution in [0, 0.1) is 0 Å². The van der Waals surface area contributed by atoms with Gasteiger partial charge in [0.25, 0.3) is 0 Å². The molecule has 7 nitrogen and oxygen atoms in total. The van der Waals surface area contributed by atoms with E-state index in [2.05, 4.69) is 13.2 Å². The van der Waals surface area contributed by atoms with Gasteiger partial charge >= 0.3 is 19.5 Å².